The molecular formula is C25H33N3O7. The third-order valence-corrected chi connectivity index (χ3v) is 5.76. The van der Waals surface area contributed by atoms with Crippen molar-refractivity contribution in [3.8, 4) is 0 Å². The van der Waals surface area contributed by atoms with Crippen LogP contribution in [0.25, 0.3) is 0 Å². The molecule has 2 aliphatic rings. The van der Waals surface area contributed by atoms with E-state index in [-0.39, 0.29) is 18.2 Å². The van der Waals surface area contributed by atoms with Crippen molar-refractivity contribution in [1.82, 2.24) is 15.5 Å². The van der Waals surface area contributed by atoms with Crippen LogP contribution in [0.5, 0.6) is 0 Å². The van der Waals surface area contributed by atoms with Crippen LogP contribution in [0.1, 0.15) is 46.1 Å². The van der Waals surface area contributed by atoms with Gasteiger partial charge in [-0.1, -0.05) is 51.1 Å². The molecule has 0 aliphatic carbocycles. The average Bonchev–Trinajstić information content (AvgIpc) is 3.42. The van der Waals surface area contributed by atoms with Gasteiger partial charge in [-0.05, 0) is 30.7 Å². The van der Waals surface area contributed by atoms with Crippen LogP contribution in [0.15, 0.2) is 42.1 Å². The number of hydrogen-bond acceptors (Lipinski definition) is 7. The highest BCUT2D eigenvalue weighted by Gasteiger charge is 2.43. The topological polar surface area (TPSA) is 123 Å². The van der Waals surface area contributed by atoms with Gasteiger partial charge in [-0.3, -0.25) is 9.59 Å². The van der Waals surface area contributed by atoms with Gasteiger partial charge >= 0.3 is 12.1 Å². The minimum absolute atomic E-state index is 0.0728. The number of likely N-dealkylation sites (tertiary alicyclic amines) is 1. The van der Waals surface area contributed by atoms with Crippen LogP contribution >= 0.6 is 0 Å². The number of carbonyl (C=O) groups is 4. The van der Waals surface area contributed by atoms with E-state index in [1.165, 1.54) is 11.0 Å². The molecule has 1 fully saturated rings. The van der Waals surface area contributed by atoms with Gasteiger partial charge in [0.25, 0.3) is 0 Å². The maximum absolute atomic E-state index is 13.5. The van der Waals surface area contributed by atoms with Gasteiger partial charge in [-0.25, -0.2) is 9.59 Å². The van der Waals surface area contributed by atoms with Gasteiger partial charge in [0.1, 0.15) is 18.7 Å². The van der Waals surface area contributed by atoms with Crippen molar-refractivity contribution in [2.24, 2.45) is 5.41 Å². The number of cyclic esters (lactones) is 1. The first kappa shape index (κ1) is 26.2. The molecule has 10 nitrogen and oxygen atoms in total. The van der Waals surface area contributed by atoms with Crippen LogP contribution in [0.2, 0.25) is 0 Å². The van der Waals surface area contributed by atoms with Gasteiger partial charge in [0.15, 0.2) is 0 Å². The van der Waals surface area contributed by atoms with Gasteiger partial charge in [0.2, 0.25) is 18.1 Å². The predicted octanol–water partition coefficient (Wildman–Crippen LogP) is 2.24. The zero-order valence-electron chi connectivity index (χ0n) is 20.5. The molecule has 10 heteroatoms. The summed E-state index contributed by atoms with van der Waals surface area (Å²) in [6, 6.07) is 7.56. The number of hydrogen-bond donors (Lipinski definition) is 2. The molecule has 3 rings (SSSR count). The molecule has 3 unspecified atom stereocenters. The maximum atomic E-state index is 13.5. The van der Waals surface area contributed by atoms with E-state index < -0.39 is 41.8 Å². The normalized spacial score (nSPS) is 20.6. The second-order valence-corrected chi connectivity index (χ2v) is 9.51. The third kappa shape index (κ3) is 6.82. The van der Waals surface area contributed by atoms with E-state index in [0.717, 1.165) is 5.56 Å². The Balaban J connectivity index is 1.66. The first-order valence-corrected chi connectivity index (χ1v) is 11.7. The predicted molar refractivity (Wildman–Crippen MR) is 125 cm³/mol. The Hall–Kier alpha value is -3.40. The fraction of sp³-hybridized carbons (Fsp3) is 0.520. The lowest BCUT2D eigenvalue weighted by Gasteiger charge is -2.35. The van der Waals surface area contributed by atoms with E-state index in [4.69, 9.17) is 14.2 Å². The second kappa shape index (κ2) is 11.4. The van der Waals surface area contributed by atoms with Crippen molar-refractivity contribution in [2.45, 2.75) is 65.5 Å². The highest BCUT2D eigenvalue weighted by atomic mass is 16.7. The standard InChI is InChI=1S/C25H33N3O7/c1-5-33-23-17(14-19(29)35-23)26-21(30)18-12-9-13-28(18)22(31)20(25(2,3)4)27-24(32)34-15-16-10-7-6-8-11-16/h6-8,10-11,14,18,20,23H,5,9,12-13,15H2,1-4H3,(H,26,30)(H,27,32). The van der Waals surface area contributed by atoms with Crippen LogP contribution in [0.4, 0.5) is 4.79 Å². The molecule has 190 valence electrons. The van der Waals surface area contributed by atoms with Crippen LogP contribution in [0, 0.1) is 5.41 Å². The fourth-order valence-corrected chi connectivity index (χ4v) is 3.99. The maximum Gasteiger partial charge on any atom is 0.408 e. The van der Waals surface area contributed by atoms with E-state index in [1.54, 1.807) is 6.92 Å². The number of esters is 1. The quantitative estimate of drug-likeness (QED) is 0.539. The number of benzene rings is 1. The van der Waals surface area contributed by atoms with E-state index >= 15 is 0 Å². The van der Waals surface area contributed by atoms with Crippen LogP contribution in [-0.4, -0.2) is 60.3 Å². The van der Waals surface area contributed by atoms with Crippen LogP contribution < -0.4 is 10.6 Å². The minimum Gasteiger partial charge on any atom is -0.445 e. The molecule has 0 aromatic heterocycles. The van der Waals surface area contributed by atoms with Crippen molar-refractivity contribution in [1.29, 1.82) is 0 Å². The van der Waals surface area contributed by atoms with Crippen molar-refractivity contribution in [2.75, 3.05) is 13.2 Å². The molecule has 2 N–H and O–H groups in total. The molecular weight excluding hydrogens is 454 g/mol. The highest BCUT2D eigenvalue weighted by Crippen LogP contribution is 2.26. The zero-order chi connectivity index (χ0) is 25.6. The first-order chi connectivity index (χ1) is 16.6. The minimum atomic E-state index is -0.981. The van der Waals surface area contributed by atoms with E-state index in [2.05, 4.69) is 10.6 Å². The molecule has 1 saturated heterocycles. The summed E-state index contributed by atoms with van der Waals surface area (Å²) >= 11 is 0. The average molecular weight is 488 g/mol. The number of nitrogens with one attached hydrogen (secondary N) is 2. The molecule has 35 heavy (non-hydrogen) atoms. The van der Waals surface area contributed by atoms with E-state index in [9.17, 15) is 19.2 Å². The molecule has 3 amide bonds. The molecule has 1 aromatic rings. The van der Waals surface area contributed by atoms with Gasteiger partial charge in [-0.2, -0.15) is 0 Å². The lowest BCUT2D eigenvalue weighted by Crippen LogP contribution is -2.57. The summed E-state index contributed by atoms with van der Waals surface area (Å²) in [5, 5.41) is 5.36. The fourth-order valence-electron chi connectivity index (χ4n) is 3.99. The van der Waals surface area contributed by atoms with Crippen molar-refractivity contribution in [3.63, 3.8) is 0 Å². The largest absolute Gasteiger partial charge is 0.445 e. The number of alkyl carbamates (subject to hydrolysis) is 1. The first-order valence-electron chi connectivity index (χ1n) is 11.7. The zero-order valence-corrected chi connectivity index (χ0v) is 20.5. The molecule has 0 radical (unpaired) electrons. The monoisotopic (exact) mass is 487 g/mol. The Morgan fingerprint density at radius 1 is 1.20 bits per heavy atom. The molecule has 0 spiro atoms. The Bertz CT molecular complexity index is 971. The SMILES string of the molecule is CCOC1OC(=O)C=C1NC(=O)C1CCCN1C(=O)C(NC(=O)OCc1ccccc1)C(C)(C)C. The highest BCUT2D eigenvalue weighted by molar-refractivity contribution is 5.94. The summed E-state index contributed by atoms with van der Waals surface area (Å²) in [6.45, 7) is 7.97. The van der Waals surface area contributed by atoms with E-state index in [0.29, 0.717) is 26.0 Å². The molecule has 3 atom stereocenters. The number of ether oxygens (including phenoxy) is 3. The van der Waals surface area contributed by atoms with Gasteiger partial charge in [-0.15, -0.1) is 0 Å². The number of carbonyl (C=O) groups excluding carboxylic acids is 4. The lowest BCUT2D eigenvalue weighted by atomic mass is 9.85. The number of rotatable bonds is 8. The Morgan fingerprint density at radius 3 is 2.57 bits per heavy atom. The van der Waals surface area contributed by atoms with Crippen molar-refractivity contribution < 1.29 is 33.4 Å². The number of nitrogens with zero attached hydrogens (tertiary/aromatic N) is 1. The molecule has 2 heterocycles. The molecule has 1 aromatic carbocycles. The van der Waals surface area contributed by atoms with E-state index in [1.807, 2.05) is 51.1 Å². The smallest absolute Gasteiger partial charge is 0.408 e. The van der Waals surface area contributed by atoms with Gasteiger partial charge in [0, 0.05) is 19.2 Å². The van der Waals surface area contributed by atoms with Gasteiger partial charge < -0.3 is 29.7 Å². The molecule has 0 saturated carbocycles. The molecule has 2 aliphatic heterocycles. The summed E-state index contributed by atoms with van der Waals surface area (Å²) in [5.41, 5.74) is 0.392. The molecule has 0 bridgehead atoms. The summed E-state index contributed by atoms with van der Waals surface area (Å²) in [4.78, 5) is 52.2. The summed E-state index contributed by atoms with van der Waals surface area (Å²) in [7, 11) is 0. The third-order valence-electron chi connectivity index (χ3n) is 5.76. The summed E-state index contributed by atoms with van der Waals surface area (Å²) in [6.07, 6.45) is 0.553. The van der Waals surface area contributed by atoms with Crippen molar-refractivity contribution in [3.05, 3.63) is 47.7 Å². The van der Waals surface area contributed by atoms with Crippen LogP contribution in [0.3, 0.4) is 0 Å². The Morgan fingerprint density at radius 2 is 1.91 bits per heavy atom. The summed E-state index contributed by atoms with van der Waals surface area (Å²) in [5.74, 6) is -1.42. The van der Waals surface area contributed by atoms with Crippen LogP contribution in [-0.2, 0) is 35.2 Å². The lowest BCUT2D eigenvalue weighted by molar-refractivity contribution is -0.159. The summed E-state index contributed by atoms with van der Waals surface area (Å²) < 4.78 is 15.7. The van der Waals surface area contributed by atoms with Gasteiger partial charge in [0.05, 0.1) is 5.70 Å². The second-order valence-electron chi connectivity index (χ2n) is 9.51. The number of amides is 3. The Kier molecular flexibility index (Phi) is 8.50. The Labute approximate surface area is 205 Å². The van der Waals surface area contributed by atoms with Crippen molar-refractivity contribution >= 4 is 23.9 Å².